The van der Waals surface area contributed by atoms with E-state index in [1.807, 2.05) is 6.07 Å². The summed E-state index contributed by atoms with van der Waals surface area (Å²) in [4.78, 5) is 12.1. The number of ether oxygens (including phenoxy) is 1. The number of nitrogens with zero attached hydrogens (tertiary/aromatic N) is 1. The highest BCUT2D eigenvalue weighted by Crippen LogP contribution is 2.17. The quantitative estimate of drug-likeness (QED) is 0.641. The highest BCUT2D eigenvalue weighted by molar-refractivity contribution is 7.89. The molecule has 0 atom stereocenters. The lowest BCUT2D eigenvalue weighted by Gasteiger charge is -2.12. The maximum Gasteiger partial charge on any atom is 0.343 e. The molecule has 0 saturated heterocycles. The summed E-state index contributed by atoms with van der Waals surface area (Å²) in [5.41, 5.74) is 0.182. The molecule has 0 spiro atoms. The fourth-order valence-corrected chi connectivity index (χ4v) is 2.60. The van der Waals surface area contributed by atoms with E-state index in [1.54, 1.807) is 24.3 Å². The van der Waals surface area contributed by atoms with Crippen molar-refractivity contribution in [2.75, 3.05) is 14.1 Å². The van der Waals surface area contributed by atoms with Crippen LogP contribution in [0.3, 0.4) is 0 Å². The van der Waals surface area contributed by atoms with E-state index in [0.717, 1.165) is 4.31 Å². The molecule has 0 amide bonds. The van der Waals surface area contributed by atoms with Gasteiger partial charge < -0.3 is 4.74 Å². The van der Waals surface area contributed by atoms with E-state index in [9.17, 15) is 13.2 Å². The first-order valence-electron chi connectivity index (χ1n) is 6.21. The van der Waals surface area contributed by atoms with Crippen molar-refractivity contribution in [1.29, 1.82) is 0 Å². The minimum Gasteiger partial charge on any atom is -0.423 e. The predicted octanol–water partition coefficient (Wildman–Crippen LogP) is 2.16. The van der Waals surface area contributed by atoms with Crippen molar-refractivity contribution in [1.82, 2.24) is 4.31 Å². The van der Waals surface area contributed by atoms with Gasteiger partial charge in [0.2, 0.25) is 10.0 Å². The summed E-state index contributed by atoms with van der Waals surface area (Å²) < 4.78 is 30.4. The molecule has 0 aliphatic heterocycles. The topological polar surface area (TPSA) is 63.7 Å². The summed E-state index contributed by atoms with van der Waals surface area (Å²) in [6, 6.07) is 14.4. The first-order valence-corrected chi connectivity index (χ1v) is 7.65. The van der Waals surface area contributed by atoms with Gasteiger partial charge in [-0.1, -0.05) is 24.3 Å². The Morgan fingerprint density at radius 1 is 1.00 bits per heavy atom. The minimum atomic E-state index is -3.58. The van der Waals surface area contributed by atoms with E-state index in [4.69, 9.17) is 4.74 Å². The lowest BCUT2D eigenvalue weighted by molar-refractivity contribution is 0.0734. The number of benzene rings is 2. The number of para-hydroxylation sites is 1. The number of sulfonamides is 1. The van der Waals surface area contributed by atoms with Crippen molar-refractivity contribution in [2.24, 2.45) is 0 Å². The zero-order valence-corrected chi connectivity index (χ0v) is 12.5. The molecular formula is C15H15NO4S. The van der Waals surface area contributed by atoms with Crippen LogP contribution in [0.5, 0.6) is 5.75 Å². The fraction of sp³-hybridized carbons (Fsp3) is 0.133. The number of carbonyl (C=O) groups excluding carboxylic acids is 1. The van der Waals surface area contributed by atoms with Gasteiger partial charge in [0, 0.05) is 14.1 Å². The molecule has 110 valence electrons. The Kier molecular flexibility index (Phi) is 4.40. The van der Waals surface area contributed by atoms with Crippen LogP contribution >= 0.6 is 0 Å². The van der Waals surface area contributed by atoms with Gasteiger partial charge in [0.05, 0.1) is 10.5 Å². The van der Waals surface area contributed by atoms with E-state index >= 15 is 0 Å². The van der Waals surface area contributed by atoms with Gasteiger partial charge in [0.25, 0.3) is 0 Å². The average Bonchev–Trinajstić information content (AvgIpc) is 2.48. The largest absolute Gasteiger partial charge is 0.423 e. The van der Waals surface area contributed by atoms with Gasteiger partial charge in [-0.15, -0.1) is 0 Å². The van der Waals surface area contributed by atoms with E-state index in [2.05, 4.69) is 0 Å². The molecule has 0 aliphatic carbocycles. The summed E-state index contributed by atoms with van der Waals surface area (Å²) in [6.45, 7) is 0. The first kappa shape index (κ1) is 15.2. The normalized spacial score (nSPS) is 11.4. The van der Waals surface area contributed by atoms with Gasteiger partial charge in [-0.2, -0.15) is 0 Å². The van der Waals surface area contributed by atoms with Crippen LogP contribution in [0.4, 0.5) is 0 Å². The van der Waals surface area contributed by atoms with E-state index in [1.165, 1.54) is 38.4 Å². The molecule has 0 heterocycles. The lowest BCUT2D eigenvalue weighted by atomic mass is 10.2. The van der Waals surface area contributed by atoms with Crippen molar-refractivity contribution in [2.45, 2.75) is 4.90 Å². The third-order valence-electron chi connectivity index (χ3n) is 2.80. The van der Waals surface area contributed by atoms with Gasteiger partial charge in [0.15, 0.2) is 0 Å². The van der Waals surface area contributed by atoms with E-state index in [0.29, 0.717) is 5.75 Å². The zero-order chi connectivity index (χ0) is 15.5. The maximum atomic E-state index is 12.0. The minimum absolute atomic E-state index is 0.0509. The SMILES string of the molecule is CN(C)S(=O)(=O)c1cccc(C(=O)Oc2ccccc2)c1. The van der Waals surface area contributed by atoms with Crippen LogP contribution in [0.1, 0.15) is 10.4 Å². The molecule has 2 aromatic rings. The van der Waals surface area contributed by atoms with Crippen molar-refractivity contribution >= 4 is 16.0 Å². The molecular weight excluding hydrogens is 290 g/mol. The molecule has 5 nitrogen and oxygen atoms in total. The Labute approximate surface area is 123 Å². The van der Waals surface area contributed by atoms with E-state index in [-0.39, 0.29) is 10.5 Å². The highest BCUT2D eigenvalue weighted by atomic mass is 32.2. The van der Waals surface area contributed by atoms with Crippen LogP contribution in [0.15, 0.2) is 59.5 Å². The van der Waals surface area contributed by atoms with Crippen LogP contribution in [0.25, 0.3) is 0 Å². The third-order valence-corrected chi connectivity index (χ3v) is 4.61. The molecule has 6 heteroatoms. The molecule has 0 unspecified atom stereocenters. The second-order valence-electron chi connectivity index (χ2n) is 4.52. The van der Waals surface area contributed by atoms with Crippen LogP contribution in [-0.4, -0.2) is 32.8 Å². The Morgan fingerprint density at radius 3 is 2.29 bits per heavy atom. The van der Waals surface area contributed by atoms with Crippen LogP contribution in [0.2, 0.25) is 0 Å². The summed E-state index contributed by atoms with van der Waals surface area (Å²) in [7, 11) is -0.711. The van der Waals surface area contributed by atoms with Gasteiger partial charge in [0.1, 0.15) is 5.75 Å². The highest BCUT2D eigenvalue weighted by Gasteiger charge is 2.19. The summed E-state index contributed by atoms with van der Waals surface area (Å²) in [5, 5.41) is 0. The van der Waals surface area contributed by atoms with Gasteiger partial charge >= 0.3 is 5.97 Å². The molecule has 0 bridgehead atoms. The van der Waals surface area contributed by atoms with Crippen LogP contribution in [-0.2, 0) is 10.0 Å². The Balaban J connectivity index is 2.28. The van der Waals surface area contributed by atoms with Gasteiger partial charge in [-0.05, 0) is 30.3 Å². The Hall–Kier alpha value is -2.18. The summed E-state index contributed by atoms with van der Waals surface area (Å²) in [5.74, 6) is -0.194. The van der Waals surface area contributed by atoms with Gasteiger partial charge in [-0.3, -0.25) is 0 Å². The smallest absolute Gasteiger partial charge is 0.343 e. The second kappa shape index (κ2) is 6.07. The second-order valence-corrected chi connectivity index (χ2v) is 6.67. The number of esters is 1. The maximum absolute atomic E-state index is 12.0. The lowest BCUT2D eigenvalue weighted by Crippen LogP contribution is -2.22. The third kappa shape index (κ3) is 3.48. The molecule has 0 fully saturated rings. The molecule has 21 heavy (non-hydrogen) atoms. The molecule has 0 saturated carbocycles. The van der Waals surface area contributed by atoms with Crippen molar-refractivity contribution in [3.05, 3.63) is 60.2 Å². The van der Waals surface area contributed by atoms with Crippen LogP contribution < -0.4 is 4.74 Å². The number of hydrogen-bond donors (Lipinski definition) is 0. The summed E-state index contributed by atoms with van der Waals surface area (Å²) >= 11 is 0. The monoisotopic (exact) mass is 305 g/mol. The predicted molar refractivity (Wildman–Crippen MR) is 78.7 cm³/mol. The number of carbonyl (C=O) groups is 1. The molecule has 0 aliphatic rings. The van der Waals surface area contributed by atoms with Crippen molar-refractivity contribution in [3.8, 4) is 5.75 Å². The Bertz CT molecular complexity index is 739. The van der Waals surface area contributed by atoms with E-state index < -0.39 is 16.0 Å². The first-order chi connectivity index (χ1) is 9.91. The standard InChI is InChI=1S/C15H15NO4S/c1-16(2)21(18,19)14-10-6-7-12(11-14)15(17)20-13-8-4-3-5-9-13/h3-11H,1-2H3. The number of hydrogen-bond acceptors (Lipinski definition) is 4. The summed E-state index contributed by atoms with van der Waals surface area (Å²) in [6.07, 6.45) is 0. The van der Waals surface area contributed by atoms with Crippen molar-refractivity contribution < 1.29 is 17.9 Å². The Morgan fingerprint density at radius 2 is 1.67 bits per heavy atom. The van der Waals surface area contributed by atoms with Crippen molar-refractivity contribution in [3.63, 3.8) is 0 Å². The average molecular weight is 305 g/mol. The zero-order valence-electron chi connectivity index (χ0n) is 11.7. The molecule has 0 aromatic heterocycles. The molecule has 0 N–H and O–H groups in total. The molecule has 2 aromatic carbocycles. The number of rotatable bonds is 4. The van der Waals surface area contributed by atoms with Crippen LogP contribution in [0, 0.1) is 0 Å². The molecule has 0 radical (unpaired) electrons. The van der Waals surface area contributed by atoms with Gasteiger partial charge in [-0.25, -0.2) is 17.5 Å². The fourth-order valence-electron chi connectivity index (χ4n) is 1.65. The molecule has 2 rings (SSSR count).